The first-order valence-electron chi connectivity index (χ1n) is 7.16. The highest BCUT2D eigenvalue weighted by Crippen LogP contribution is 2.37. The van der Waals surface area contributed by atoms with Crippen LogP contribution in [-0.2, 0) is 10.0 Å². The Kier molecular flexibility index (Phi) is 4.72. The highest BCUT2D eigenvalue weighted by Gasteiger charge is 2.37. The van der Waals surface area contributed by atoms with E-state index < -0.39 is 10.0 Å². The fourth-order valence-corrected chi connectivity index (χ4v) is 4.11. The van der Waals surface area contributed by atoms with E-state index in [2.05, 4.69) is 30.4 Å². The summed E-state index contributed by atoms with van der Waals surface area (Å²) in [6, 6.07) is 6.59. The third kappa shape index (κ3) is 3.85. The Morgan fingerprint density at radius 1 is 1.33 bits per heavy atom. The standard InChI is InChI=1S/C16H22N2O2S/c1-16(2)11-3-6-15(16)18-21(19,20)14-9-7-13(8-10-14)5-4-12-17/h7-10,15,18H,3,6,11-12,17H2,1-2H3. The predicted molar refractivity (Wildman–Crippen MR) is 84.1 cm³/mol. The second kappa shape index (κ2) is 6.18. The minimum absolute atomic E-state index is 0.000733. The van der Waals surface area contributed by atoms with Gasteiger partial charge in [0.1, 0.15) is 0 Å². The van der Waals surface area contributed by atoms with Crippen molar-refractivity contribution in [2.24, 2.45) is 11.1 Å². The molecular weight excluding hydrogens is 284 g/mol. The molecule has 1 aromatic rings. The molecule has 0 bridgehead atoms. The second-order valence-electron chi connectivity index (χ2n) is 6.08. The fourth-order valence-electron chi connectivity index (χ4n) is 2.67. The predicted octanol–water partition coefficient (Wildman–Crippen LogP) is 1.85. The second-order valence-corrected chi connectivity index (χ2v) is 7.80. The molecule has 1 atom stereocenters. The molecule has 1 fully saturated rings. The van der Waals surface area contributed by atoms with Gasteiger partial charge in [-0.3, -0.25) is 0 Å². The van der Waals surface area contributed by atoms with Gasteiger partial charge in [-0.1, -0.05) is 32.1 Å². The summed E-state index contributed by atoms with van der Waals surface area (Å²) in [5.74, 6) is 5.62. The molecule has 0 aliphatic heterocycles. The molecule has 0 spiro atoms. The Hall–Kier alpha value is -1.35. The van der Waals surface area contributed by atoms with Gasteiger partial charge in [-0.05, 0) is 42.5 Å². The summed E-state index contributed by atoms with van der Waals surface area (Å²) in [4.78, 5) is 0.281. The Bertz CT molecular complexity index is 652. The minimum atomic E-state index is -3.47. The van der Waals surface area contributed by atoms with Gasteiger partial charge < -0.3 is 5.73 Å². The van der Waals surface area contributed by atoms with E-state index in [0.717, 1.165) is 24.8 Å². The molecule has 2 rings (SSSR count). The van der Waals surface area contributed by atoms with Crippen LogP contribution in [-0.4, -0.2) is 21.0 Å². The number of hydrogen-bond acceptors (Lipinski definition) is 3. The molecule has 1 unspecified atom stereocenters. The number of sulfonamides is 1. The van der Waals surface area contributed by atoms with E-state index in [1.54, 1.807) is 24.3 Å². The van der Waals surface area contributed by atoms with E-state index in [1.165, 1.54) is 0 Å². The molecule has 0 aromatic heterocycles. The molecule has 21 heavy (non-hydrogen) atoms. The number of hydrogen-bond donors (Lipinski definition) is 2. The molecule has 0 saturated heterocycles. The maximum absolute atomic E-state index is 12.4. The van der Waals surface area contributed by atoms with Gasteiger partial charge in [-0.15, -0.1) is 0 Å². The van der Waals surface area contributed by atoms with E-state index >= 15 is 0 Å². The zero-order valence-electron chi connectivity index (χ0n) is 12.5. The van der Waals surface area contributed by atoms with Gasteiger partial charge in [0.2, 0.25) is 10.0 Å². The summed E-state index contributed by atoms with van der Waals surface area (Å²) in [6.07, 6.45) is 3.01. The molecule has 0 heterocycles. The quantitative estimate of drug-likeness (QED) is 0.837. The van der Waals surface area contributed by atoms with Gasteiger partial charge in [-0.2, -0.15) is 0 Å². The summed E-state index contributed by atoms with van der Waals surface area (Å²) in [7, 11) is -3.47. The Morgan fingerprint density at radius 2 is 2.00 bits per heavy atom. The van der Waals surface area contributed by atoms with Crippen LogP contribution in [0.5, 0.6) is 0 Å². The monoisotopic (exact) mass is 306 g/mol. The van der Waals surface area contributed by atoms with Crippen LogP contribution < -0.4 is 10.5 Å². The SMILES string of the molecule is CC1(C)CCCC1NS(=O)(=O)c1ccc(C#CCN)cc1. The minimum Gasteiger partial charge on any atom is -0.320 e. The van der Waals surface area contributed by atoms with Crippen LogP contribution in [0, 0.1) is 17.3 Å². The number of benzene rings is 1. The van der Waals surface area contributed by atoms with Gasteiger partial charge in [0.15, 0.2) is 0 Å². The van der Waals surface area contributed by atoms with Gasteiger partial charge in [0.25, 0.3) is 0 Å². The topological polar surface area (TPSA) is 72.2 Å². The maximum atomic E-state index is 12.4. The zero-order valence-corrected chi connectivity index (χ0v) is 13.3. The molecule has 1 aliphatic rings. The van der Waals surface area contributed by atoms with Crippen LogP contribution in [0.3, 0.4) is 0 Å². The van der Waals surface area contributed by atoms with Gasteiger partial charge in [0, 0.05) is 11.6 Å². The van der Waals surface area contributed by atoms with Crippen LogP contribution in [0.15, 0.2) is 29.2 Å². The average Bonchev–Trinajstić information content (AvgIpc) is 2.75. The number of rotatable bonds is 3. The van der Waals surface area contributed by atoms with Crippen molar-refractivity contribution < 1.29 is 8.42 Å². The van der Waals surface area contributed by atoms with Crippen LogP contribution in [0.2, 0.25) is 0 Å². The highest BCUT2D eigenvalue weighted by molar-refractivity contribution is 7.89. The lowest BCUT2D eigenvalue weighted by molar-refractivity contribution is 0.313. The van der Waals surface area contributed by atoms with Crippen molar-refractivity contribution in [2.45, 2.75) is 44.0 Å². The van der Waals surface area contributed by atoms with Crippen molar-refractivity contribution >= 4 is 10.0 Å². The van der Waals surface area contributed by atoms with Crippen molar-refractivity contribution in [2.75, 3.05) is 6.54 Å². The largest absolute Gasteiger partial charge is 0.320 e. The molecule has 114 valence electrons. The molecule has 3 N–H and O–H groups in total. The fraction of sp³-hybridized carbons (Fsp3) is 0.500. The lowest BCUT2D eigenvalue weighted by Crippen LogP contribution is -2.41. The van der Waals surface area contributed by atoms with E-state index in [0.29, 0.717) is 6.54 Å². The van der Waals surface area contributed by atoms with Crippen molar-refractivity contribution in [3.05, 3.63) is 29.8 Å². The maximum Gasteiger partial charge on any atom is 0.240 e. The normalized spacial score (nSPS) is 20.8. The summed E-state index contributed by atoms with van der Waals surface area (Å²) in [5, 5.41) is 0. The Balaban J connectivity index is 2.16. The third-order valence-electron chi connectivity index (χ3n) is 4.05. The van der Waals surface area contributed by atoms with Gasteiger partial charge in [-0.25, -0.2) is 13.1 Å². The summed E-state index contributed by atoms with van der Waals surface area (Å²) < 4.78 is 27.7. The molecule has 0 radical (unpaired) electrons. The van der Waals surface area contributed by atoms with Crippen molar-refractivity contribution in [3.8, 4) is 11.8 Å². The van der Waals surface area contributed by atoms with Crippen molar-refractivity contribution in [3.63, 3.8) is 0 Å². The highest BCUT2D eigenvalue weighted by atomic mass is 32.2. The third-order valence-corrected chi connectivity index (χ3v) is 5.54. The molecular formula is C16H22N2O2S. The van der Waals surface area contributed by atoms with E-state index in [-0.39, 0.29) is 16.4 Å². The van der Waals surface area contributed by atoms with Crippen LogP contribution in [0.25, 0.3) is 0 Å². The Labute approximate surface area is 127 Å². The summed E-state index contributed by atoms with van der Waals surface area (Å²) >= 11 is 0. The molecule has 4 nitrogen and oxygen atoms in total. The lowest BCUT2D eigenvalue weighted by Gasteiger charge is -2.27. The average molecular weight is 306 g/mol. The smallest absolute Gasteiger partial charge is 0.240 e. The van der Waals surface area contributed by atoms with Crippen LogP contribution in [0.1, 0.15) is 38.7 Å². The van der Waals surface area contributed by atoms with E-state index in [1.807, 2.05) is 0 Å². The van der Waals surface area contributed by atoms with Crippen molar-refractivity contribution in [1.82, 2.24) is 4.72 Å². The number of nitrogens with two attached hydrogens (primary N) is 1. The summed E-state index contributed by atoms with van der Waals surface area (Å²) in [5.41, 5.74) is 6.09. The van der Waals surface area contributed by atoms with Gasteiger partial charge in [0.05, 0.1) is 11.4 Å². The van der Waals surface area contributed by atoms with Crippen molar-refractivity contribution in [1.29, 1.82) is 0 Å². The first kappa shape index (κ1) is 16.0. The first-order valence-corrected chi connectivity index (χ1v) is 8.65. The Morgan fingerprint density at radius 3 is 2.52 bits per heavy atom. The number of nitrogens with one attached hydrogen (secondary N) is 1. The molecule has 1 aromatic carbocycles. The molecule has 1 aliphatic carbocycles. The molecule has 1 saturated carbocycles. The van der Waals surface area contributed by atoms with Gasteiger partial charge >= 0.3 is 0 Å². The molecule has 5 heteroatoms. The van der Waals surface area contributed by atoms with E-state index in [9.17, 15) is 8.42 Å². The van der Waals surface area contributed by atoms with Crippen LogP contribution in [0.4, 0.5) is 0 Å². The van der Waals surface area contributed by atoms with Crippen LogP contribution >= 0.6 is 0 Å². The van der Waals surface area contributed by atoms with E-state index in [4.69, 9.17) is 5.73 Å². The zero-order chi connectivity index (χ0) is 15.5. The first-order chi connectivity index (χ1) is 9.85. The molecule has 0 amide bonds. The summed E-state index contributed by atoms with van der Waals surface area (Å²) in [6.45, 7) is 4.51. The lowest BCUT2D eigenvalue weighted by atomic mass is 9.88.